The van der Waals surface area contributed by atoms with E-state index in [2.05, 4.69) is 19.2 Å². The molecule has 1 aliphatic rings. The topological polar surface area (TPSA) is 49.4 Å². The maximum atomic E-state index is 12.4. The predicted molar refractivity (Wildman–Crippen MR) is 93.7 cm³/mol. The number of benzene rings is 1. The molecule has 4 nitrogen and oxygen atoms in total. The first-order valence-electron chi connectivity index (χ1n) is 8.41. The van der Waals surface area contributed by atoms with Gasteiger partial charge in [0.1, 0.15) is 0 Å². The van der Waals surface area contributed by atoms with Crippen molar-refractivity contribution in [3.63, 3.8) is 0 Å². The molecular formula is C18H25ClN2O2. The van der Waals surface area contributed by atoms with Crippen LogP contribution < -0.4 is 10.2 Å². The van der Waals surface area contributed by atoms with Crippen molar-refractivity contribution in [1.82, 2.24) is 5.32 Å². The van der Waals surface area contributed by atoms with Gasteiger partial charge in [0.2, 0.25) is 11.8 Å². The molecule has 126 valence electrons. The quantitative estimate of drug-likeness (QED) is 0.823. The standard InChI is InChI=1S/C18H25ClN2O2/c1-3-5-13(6-4-2)18(23)20-15-11-17(22)21(12-15)16-9-7-14(19)8-10-16/h7-10,13,15H,3-6,11-12H2,1-2H3,(H,20,23). The van der Waals surface area contributed by atoms with E-state index < -0.39 is 0 Å². The second-order valence-corrected chi connectivity index (χ2v) is 6.60. The smallest absolute Gasteiger partial charge is 0.229 e. The summed E-state index contributed by atoms with van der Waals surface area (Å²) in [4.78, 5) is 26.3. The van der Waals surface area contributed by atoms with Gasteiger partial charge in [0.25, 0.3) is 0 Å². The molecule has 0 spiro atoms. The highest BCUT2D eigenvalue weighted by atomic mass is 35.5. The van der Waals surface area contributed by atoms with Crippen molar-refractivity contribution in [2.45, 2.75) is 52.0 Å². The minimum absolute atomic E-state index is 0.0418. The van der Waals surface area contributed by atoms with Crippen LogP contribution in [0.2, 0.25) is 5.02 Å². The Balaban J connectivity index is 1.96. The van der Waals surface area contributed by atoms with Crippen molar-refractivity contribution in [2.75, 3.05) is 11.4 Å². The molecule has 1 N–H and O–H groups in total. The van der Waals surface area contributed by atoms with Crippen LogP contribution in [0.25, 0.3) is 0 Å². The molecule has 0 aliphatic carbocycles. The van der Waals surface area contributed by atoms with Crippen LogP contribution in [-0.2, 0) is 9.59 Å². The van der Waals surface area contributed by atoms with E-state index in [0.29, 0.717) is 18.0 Å². The highest BCUT2D eigenvalue weighted by Gasteiger charge is 2.32. The molecule has 2 amide bonds. The van der Waals surface area contributed by atoms with Gasteiger partial charge in [-0.05, 0) is 37.1 Å². The summed E-state index contributed by atoms with van der Waals surface area (Å²) in [7, 11) is 0. The van der Waals surface area contributed by atoms with Crippen LogP contribution in [0.4, 0.5) is 5.69 Å². The molecule has 2 rings (SSSR count). The van der Waals surface area contributed by atoms with Gasteiger partial charge < -0.3 is 10.2 Å². The normalized spacial score (nSPS) is 17.8. The van der Waals surface area contributed by atoms with E-state index in [0.717, 1.165) is 31.4 Å². The van der Waals surface area contributed by atoms with E-state index in [1.54, 1.807) is 17.0 Å². The lowest BCUT2D eigenvalue weighted by Crippen LogP contribution is -2.40. The molecule has 1 fully saturated rings. The van der Waals surface area contributed by atoms with Crippen molar-refractivity contribution in [1.29, 1.82) is 0 Å². The molecular weight excluding hydrogens is 312 g/mol. The van der Waals surface area contributed by atoms with Gasteiger partial charge in [-0.3, -0.25) is 9.59 Å². The molecule has 0 bridgehead atoms. The molecule has 0 radical (unpaired) electrons. The SMILES string of the molecule is CCCC(CCC)C(=O)NC1CC(=O)N(c2ccc(Cl)cc2)C1. The number of nitrogens with zero attached hydrogens (tertiary/aromatic N) is 1. The average Bonchev–Trinajstić information content (AvgIpc) is 2.88. The summed E-state index contributed by atoms with van der Waals surface area (Å²) in [6, 6.07) is 7.10. The average molecular weight is 337 g/mol. The molecule has 1 aliphatic heterocycles. The molecule has 1 atom stereocenters. The fraction of sp³-hybridized carbons (Fsp3) is 0.556. The lowest BCUT2D eigenvalue weighted by Gasteiger charge is -2.20. The third kappa shape index (κ3) is 4.71. The number of nitrogens with one attached hydrogen (secondary N) is 1. The summed E-state index contributed by atoms with van der Waals surface area (Å²) < 4.78 is 0. The van der Waals surface area contributed by atoms with Crippen molar-refractivity contribution in [3.05, 3.63) is 29.3 Å². The fourth-order valence-electron chi connectivity index (χ4n) is 3.10. The molecule has 1 aromatic carbocycles. The third-order valence-corrected chi connectivity index (χ3v) is 4.51. The van der Waals surface area contributed by atoms with Crippen LogP contribution in [0, 0.1) is 5.92 Å². The highest BCUT2D eigenvalue weighted by molar-refractivity contribution is 6.30. The Bertz CT molecular complexity index is 538. The first-order valence-corrected chi connectivity index (χ1v) is 8.79. The zero-order valence-corrected chi connectivity index (χ0v) is 14.6. The number of carbonyl (C=O) groups excluding carboxylic acids is 2. The monoisotopic (exact) mass is 336 g/mol. The molecule has 23 heavy (non-hydrogen) atoms. The van der Waals surface area contributed by atoms with E-state index in [1.165, 1.54) is 0 Å². The van der Waals surface area contributed by atoms with Gasteiger partial charge in [-0.25, -0.2) is 0 Å². The number of rotatable bonds is 7. The number of amides is 2. The van der Waals surface area contributed by atoms with Crippen molar-refractivity contribution >= 4 is 29.1 Å². The minimum Gasteiger partial charge on any atom is -0.351 e. The Morgan fingerprint density at radius 3 is 2.43 bits per heavy atom. The maximum Gasteiger partial charge on any atom is 0.229 e. The van der Waals surface area contributed by atoms with Gasteiger partial charge >= 0.3 is 0 Å². The predicted octanol–water partition coefficient (Wildman–Crippen LogP) is 3.78. The molecule has 0 aromatic heterocycles. The number of carbonyl (C=O) groups is 2. The lowest BCUT2D eigenvalue weighted by molar-refractivity contribution is -0.126. The van der Waals surface area contributed by atoms with E-state index in [9.17, 15) is 9.59 Å². The molecule has 1 heterocycles. The maximum absolute atomic E-state index is 12.4. The largest absolute Gasteiger partial charge is 0.351 e. The van der Waals surface area contributed by atoms with Crippen molar-refractivity contribution in [2.24, 2.45) is 5.92 Å². The van der Waals surface area contributed by atoms with Crippen LogP contribution in [0.5, 0.6) is 0 Å². The van der Waals surface area contributed by atoms with Gasteiger partial charge in [0.15, 0.2) is 0 Å². The Hall–Kier alpha value is -1.55. The van der Waals surface area contributed by atoms with Crippen LogP contribution in [-0.4, -0.2) is 24.4 Å². The molecule has 1 saturated heterocycles. The molecule has 1 unspecified atom stereocenters. The third-order valence-electron chi connectivity index (χ3n) is 4.25. The van der Waals surface area contributed by atoms with E-state index in [4.69, 9.17) is 11.6 Å². The van der Waals surface area contributed by atoms with Gasteiger partial charge in [-0.15, -0.1) is 0 Å². The summed E-state index contributed by atoms with van der Waals surface area (Å²) in [5.41, 5.74) is 0.829. The van der Waals surface area contributed by atoms with Gasteiger partial charge in [0, 0.05) is 29.6 Å². The number of hydrogen-bond acceptors (Lipinski definition) is 2. The summed E-state index contributed by atoms with van der Waals surface area (Å²) in [5, 5.41) is 3.71. The van der Waals surface area contributed by atoms with E-state index in [-0.39, 0.29) is 23.8 Å². The second kappa shape index (κ2) is 8.34. The Kier molecular flexibility index (Phi) is 6.46. The van der Waals surface area contributed by atoms with E-state index >= 15 is 0 Å². The van der Waals surface area contributed by atoms with Crippen molar-refractivity contribution < 1.29 is 9.59 Å². The Labute approximate surface area is 143 Å². The lowest BCUT2D eigenvalue weighted by atomic mass is 9.97. The first kappa shape index (κ1) is 17.8. The highest BCUT2D eigenvalue weighted by Crippen LogP contribution is 2.24. The Morgan fingerprint density at radius 1 is 1.26 bits per heavy atom. The van der Waals surface area contributed by atoms with Crippen LogP contribution >= 0.6 is 11.6 Å². The molecule has 1 aromatic rings. The zero-order chi connectivity index (χ0) is 16.8. The first-order chi connectivity index (χ1) is 11.0. The van der Waals surface area contributed by atoms with Crippen LogP contribution in [0.15, 0.2) is 24.3 Å². The summed E-state index contributed by atoms with van der Waals surface area (Å²) in [6.45, 7) is 4.71. The zero-order valence-electron chi connectivity index (χ0n) is 13.8. The molecule has 5 heteroatoms. The number of hydrogen-bond donors (Lipinski definition) is 1. The van der Waals surface area contributed by atoms with Crippen LogP contribution in [0.3, 0.4) is 0 Å². The summed E-state index contributed by atoms with van der Waals surface area (Å²) in [6.07, 6.45) is 4.17. The van der Waals surface area contributed by atoms with Crippen molar-refractivity contribution in [3.8, 4) is 0 Å². The van der Waals surface area contributed by atoms with Gasteiger partial charge in [-0.2, -0.15) is 0 Å². The molecule has 0 saturated carbocycles. The number of anilines is 1. The number of halogens is 1. The Morgan fingerprint density at radius 2 is 1.87 bits per heavy atom. The summed E-state index contributed by atoms with van der Waals surface area (Å²) >= 11 is 5.89. The van der Waals surface area contributed by atoms with Gasteiger partial charge in [0.05, 0.1) is 6.04 Å². The fourth-order valence-corrected chi connectivity index (χ4v) is 3.22. The van der Waals surface area contributed by atoms with E-state index in [1.807, 2.05) is 12.1 Å². The minimum atomic E-state index is -0.109. The second-order valence-electron chi connectivity index (χ2n) is 6.16. The van der Waals surface area contributed by atoms with Gasteiger partial charge in [-0.1, -0.05) is 38.3 Å². The van der Waals surface area contributed by atoms with Crippen LogP contribution in [0.1, 0.15) is 46.0 Å². The summed E-state index contributed by atoms with van der Waals surface area (Å²) in [5.74, 6) is 0.189.